The number of sulfone groups is 1. The van der Waals surface area contributed by atoms with Gasteiger partial charge >= 0.3 is 12.2 Å². The number of aromatic nitrogens is 2. The van der Waals surface area contributed by atoms with E-state index in [1.54, 1.807) is 25.7 Å². The van der Waals surface area contributed by atoms with Crippen molar-refractivity contribution in [3.8, 4) is 5.75 Å². The summed E-state index contributed by atoms with van der Waals surface area (Å²) in [6, 6.07) is 3.81. The molecule has 4 heterocycles. The van der Waals surface area contributed by atoms with Crippen LogP contribution in [0.4, 0.5) is 26.9 Å². The lowest BCUT2D eigenvalue weighted by Crippen LogP contribution is -2.50. The molecule has 1 unspecified atom stereocenters. The first-order valence-electron chi connectivity index (χ1n) is 14.2. The summed E-state index contributed by atoms with van der Waals surface area (Å²) >= 11 is 3.67. The van der Waals surface area contributed by atoms with E-state index in [1.165, 1.54) is 11.2 Å². The van der Waals surface area contributed by atoms with Crippen LogP contribution in [0.1, 0.15) is 71.6 Å². The first kappa shape index (κ1) is 31.3. The SMILES string of the molecule is CC1Oc2c(Br)cc(C3CN(C(=O)OC(C)(C)C)C3)cc2N(C(=O)OC(C)(C)C)c2ncnc(N3CCS(=O)(=O)CC3)c21. The Labute approximate surface area is 260 Å². The van der Waals surface area contributed by atoms with Gasteiger partial charge in [-0.3, -0.25) is 0 Å². The molecule has 3 aliphatic rings. The van der Waals surface area contributed by atoms with Crippen LogP contribution >= 0.6 is 15.9 Å². The Morgan fingerprint density at radius 3 is 2.14 bits per heavy atom. The molecule has 43 heavy (non-hydrogen) atoms. The number of amides is 2. The Hall–Kier alpha value is -3.13. The Morgan fingerprint density at radius 2 is 1.53 bits per heavy atom. The fourth-order valence-electron chi connectivity index (χ4n) is 5.22. The molecule has 2 aromatic rings. The van der Waals surface area contributed by atoms with E-state index >= 15 is 0 Å². The van der Waals surface area contributed by atoms with Gasteiger partial charge in [-0.25, -0.2) is 32.9 Å². The summed E-state index contributed by atoms with van der Waals surface area (Å²) in [6.45, 7) is 14.2. The number of benzene rings is 1. The van der Waals surface area contributed by atoms with E-state index in [2.05, 4.69) is 25.9 Å². The minimum Gasteiger partial charge on any atom is -0.482 e. The van der Waals surface area contributed by atoms with Crippen molar-refractivity contribution in [2.75, 3.05) is 47.5 Å². The number of nitrogens with zero attached hydrogens (tertiary/aromatic N) is 5. The molecule has 5 rings (SSSR count). The average molecular weight is 681 g/mol. The highest BCUT2D eigenvalue weighted by atomic mass is 79.9. The van der Waals surface area contributed by atoms with Crippen LogP contribution in [0.15, 0.2) is 22.9 Å². The molecule has 14 heteroatoms. The number of likely N-dealkylation sites (tertiary alicyclic amines) is 1. The third-order valence-corrected chi connectivity index (χ3v) is 9.46. The van der Waals surface area contributed by atoms with Crippen LogP contribution in [-0.4, -0.2) is 84.4 Å². The van der Waals surface area contributed by atoms with E-state index < -0.39 is 33.2 Å². The number of anilines is 3. The average Bonchev–Trinajstić information content (AvgIpc) is 2.95. The molecule has 2 saturated heterocycles. The van der Waals surface area contributed by atoms with Crippen molar-refractivity contribution in [3.05, 3.63) is 34.1 Å². The van der Waals surface area contributed by atoms with E-state index in [0.717, 1.165) is 5.56 Å². The van der Waals surface area contributed by atoms with Gasteiger partial charge in [0.1, 0.15) is 29.5 Å². The zero-order chi connectivity index (χ0) is 31.5. The van der Waals surface area contributed by atoms with E-state index in [9.17, 15) is 18.0 Å². The number of carbonyl (C=O) groups is 2. The van der Waals surface area contributed by atoms with Gasteiger partial charge in [0.25, 0.3) is 0 Å². The van der Waals surface area contributed by atoms with Gasteiger partial charge in [-0.15, -0.1) is 0 Å². The fraction of sp³-hybridized carbons (Fsp3) is 0.586. The number of halogens is 1. The lowest BCUT2D eigenvalue weighted by molar-refractivity contribution is 0.00817. The van der Waals surface area contributed by atoms with Crippen molar-refractivity contribution in [2.45, 2.75) is 71.7 Å². The Kier molecular flexibility index (Phi) is 8.08. The topological polar surface area (TPSA) is 131 Å². The molecule has 2 fully saturated rings. The number of hydrogen-bond acceptors (Lipinski definition) is 10. The van der Waals surface area contributed by atoms with Gasteiger partial charge in [0.2, 0.25) is 0 Å². The normalized spacial score (nSPS) is 20.3. The second-order valence-corrected chi connectivity index (χ2v) is 16.2. The number of ether oxygens (including phenoxy) is 3. The summed E-state index contributed by atoms with van der Waals surface area (Å²) in [6.07, 6.45) is -0.236. The fourth-order valence-corrected chi connectivity index (χ4v) is 6.98. The number of fused-ring (bicyclic) bond motifs is 2. The zero-order valence-corrected chi connectivity index (χ0v) is 27.9. The van der Waals surface area contributed by atoms with Crippen LogP contribution in [0.25, 0.3) is 0 Å². The Bertz CT molecular complexity index is 1530. The quantitative estimate of drug-likeness (QED) is 0.410. The van der Waals surface area contributed by atoms with Crippen LogP contribution in [0, 0.1) is 0 Å². The molecule has 1 aromatic heterocycles. The lowest BCUT2D eigenvalue weighted by Gasteiger charge is -2.40. The number of rotatable bonds is 2. The molecule has 1 atom stereocenters. The lowest BCUT2D eigenvalue weighted by atomic mass is 9.91. The monoisotopic (exact) mass is 679 g/mol. The number of hydrogen-bond donors (Lipinski definition) is 0. The second-order valence-electron chi connectivity index (χ2n) is 13.1. The first-order valence-corrected chi connectivity index (χ1v) is 16.9. The van der Waals surface area contributed by atoms with Gasteiger partial charge in [-0.1, -0.05) is 0 Å². The summed E-state index contributed by atoms with van der Waals surface area (Å²) in [5.74, 6) is 1.26. The van der Waals surface area contributed by atoms with Gasteiger partial charge in [0, 0.05) is 32.1 Å². The van der Waals surface area contributed by atoms with E-state index in [0.29, 0.717) is 46.2 Å². The Morgan fingerprint density at radius 1 is 0.953 bits per heavy atom. The predicted octanol–water partition coefficient (Wildman–Crippen LogP) is 5.33. The largest absolute Gasteiger partial charge is 0.482 e. The van der Waals surface area contributed by atoms with Gasteiger partial charge in [0.05, 0.1) is 27.2 Å². The highest BCUT2D eigenvalue weighted by Gasteiger charge is 2.40. The minimum absolute atomic E-state index is 0.00557. The van der Waals surface area contributed by atoms with Crippen LogP contribution in [0.5, 0.6) is 5.75 Å². The molecule has 2 amide bonds. The van der Waals surface area contributed by atoms with Crippen molar-refractivity contribution in [2.24, 2.45) is 0 Å². The predicted molar refractivity (Wildman–Crippen MR) is 165 cm³/mol. The highest BCUT2D eigenvalue weighted by Crippen LogP contribution is 2.50. The zero-order valence-electron chi connectivity index (χ0n) is 25.5. The van der Waals surface area contributed by atoms with Gasteiger partial charge in [-0.05, 0) is 82.1 Å². The first-order chi connectivity index (χ1) is 19.9. The van der Waals surface area contributed by atoms with Crippen molar-refractivity contribution < 1.29 is 32.2 Å². The van der Waals surface area contributed by atoms with Crippen LogP contribution in [0.2, 0.25) is 0 Å². The molecule has 0 N–H and O–H groups in total. The van der Waals surface area contributed by atoms with Crippen LogP contribution in [0.3, 0.4) is 0 Å². The summed E-state index contributed by atoms with van der Waals surface area (Å²) in [7, 11) is -3.13. The van der Waals surface area contributed by atoms with E-state index in [1.807, 2.05) is 44.7 Å². The van der Waals surface area contributed by atoms with Crippen molar-refractivity contribution >= 4 is 55.3 Å². The third kappa shape index (κ3) is 6.69. The summed E-state index contributed by atoms with van der Waals surface area (Å²) in [4.78, 5) is 40.5. The summed E-state index contributed by atoms with van der Waals surface area (Å²) in [5.41, 5.74) is 0.495. The molecule has 12 nitrogen and oxygen atoms in total. The van der Waals surface area contributed by atoms with Crippen molar-refractivity contribution in [3.63, 3.8) is 0 Å². The third-order valence-electron chi connectivity index (χ3n) is 7.27. The maximum atomic E-state index is 13.9. The molecule has 0 spiro atoms. The van der Waals surface area contributed by atoms with Gasteiger partial charge < -0.3 is 24.0 Å². The van der Waals surface area contributed by atoms with Gasteiger partial charge in [0.15, 0.2) is 21.4 Å². The molecule has 0 radical (unpaired) electrons. The highest BCUT2D eigenvalue weighted by molar-refractivity contribution is 9.10. The summed E-state index contributed by atoms with van der Waals surface area (Å²) < 4.78 is 42.8. The molecule has 234 valence electrons. The van der Waals surface area contributed by atoms with Crippen LogP contribution < -0.4 is 14.5 Å². The molecule has 0 aliphatic carbocycles. The second kappa shape index (κ2) is 11.1. The molecular formula is C29H38BrN5O7S. The molecular weight excluding hydrogens is 642 g/mol. The minimum atomic E-state index is -3.13. The summed E-state index contributed by atoms with van der Waals surface area (Å²) in [5, 5.41) is 0. The van der Waals surface area contributed by atoms with E-state index in [-0.39, 0.29) is 36.6 Å². The van der Waals surface area contributed by atoms with E-state index in [4.69, 9.17) is 14.2 Å². The standard InChI is InChI=1S/C29H38BrN5O7S/c1-17-22-24(33-8-10-43(38,39)11-9-33)31-16-32-25(22)35(27(37)42-29(5,6)7)21-13-18(12-20(30)23(21)40-17)19-14-34(15-19)26(36)41-28(2,3)4/h12-13,16-17,19H,8-11,14-15H2,1-7H3. The van der Waals surface area contributed by atoms with Crippen LogP contribution in [-0.2, 0) is 19.3 Å². The van der Waals surface area contributed by atoms with Gasteiger partial charge in [-0.2, -0.15) is 0 Å². The number of carbonyl (C=O) groups excluding carboxylic acids is 2. The smallest absolute Gasteiger partial charge is 0.420 e. The molecule has 3 aliphatic heterocycles. The van der Waals surface area contributed by atoms with Crippen molar-refractivity contribution in [1.82, 2.24) is 14.9 Å². The molecule has 0 bridgehead atoms. The molecule has 1 aromatic carbocycles. The van der Waals surface area contributed by atoms with Crippen molar-refractivity contribution in [1.29, 1.82) is 0 Å². The Balaban J connectivity index is 1.56. The maximum Gasteiger partial charge on any atom is 0.420 e. The maximum absolute atomic E-state index is 13.9. The molecule has 0 saturated carbocycles.